The van der Waals surface area contributed by atoms with Crippen molar-refractivity contribution in [2.75, 3.05) is 6.61 Å². The molecule has 0 rings (SSSR count). The van der Waals surface area contributed by atoms with Crippen LogP contribution in [0.2, 0.25) is 0 Å². The van der Waals surface area contributed by atoms with Crippen molar-refractivity contribution in [3.63, 3.8) is 0 Å². The molecule has 0 saturated heterocycles. The predicted molar refractivity (Wildman–Crippen MR) is 170 cm³/mol. The van der Waals surface area contributed by atoms with Gasteiger partial charge in [0.1, 0.15) is 0 Å². The normalized spacial score (nSPS) is 13.0. The Hall–Kier alpha value is -0.610. The highest BCUT2D eigenvalue weighted by Gasteiger charge is 2.19. The lowest BCUT2D eigenvalue weighted by Crippen LogP contribution is -2.45. The van der Waals surface area contributed by atoms with Crippen LogP contribution in [0.15, 0.2) is 0 Å². The zero-order chi connectivity index (χ0) is 28.7. The zero-order valence-electron chi connectivity index (χ0n) is 26.7. The summed E-state index contributed by atoms with van der Waals surface area (Å²) in [6, 6.07) is -0.526. The van der Waals surface area contributed by atoms with Gasteiger partial charge in [-0.2, -0.15) is 0 Å². The van der Waals surface area contributed by atoms with E-state index < -0.39 is 12.1 Å². The third kappa shape index (κ3) is 28.7. The van der Waals surface area contributed by atoms with Crippen LogP contribution in [0, 0.1) is 0 Å². The van der Waals surface area contributed by atoms with E-state index in [1.165, 1.54) is 148 Å². The van der Waals surface area contributed by atoms with Gasteiger partial charge in [-0.3, -0.25) is 4.79 Å². The lowest BCUT2D eigenvalue weighted by atomic mass is 10.0. The fourth-order valence-electron chi connectivity index (χ4n) is 5.59. The summed E-state index contributed by atoms with van der Waals surface area (Å²) in [4.78, 5) is 12.3. The summed E-state index contributed by atoms with van der Waals surface area (Å²) in [6.45, 7) is 4.34. The van der Waals surface area contributed by atoms with Crippen LogP contribution in [-0.2, 0) is 4.79 Å². The number of rotatable bonds is 32. The molecular weight excluding hydrogens is 482 g/mol. The van der Waals surface area contributed by atoms with Gasteiger partial charge in [0.2, 0.25) is 5.91 Å². The first kappa shape index (κ1) is 38.4. The summed E-state index contributed by atoms with van der Waals surface area (Å²) >= 11 is 0. The van der Waals surface area contributed by atoms with Crippen molar-refractivity contribution in [3.8, 4) is 0 Å². The molecule has 2 atom stereocenters. The van der Waals surface area contributed by atoms with Gasteiger partial charge in [-0.25, -0.2) is 0 Å². The molecule has 0 bridgehead atoms. The van der Waals surface area contributed by atoms with E-state index in [-0.39, 0.29) is 12.5 Å². The molecule has 4 nitrogen and oxygen atoms in total. The molecule has 1 amide bonds. The highest BCUT2D eigenvalue weighted by Crippen LogP contribution is 2.15. The summed E-state index contributed by atoms with van der Waals surface area (Å²) < 4.78 is 0. The third-order valence-corrected chi connectivity index (χ3v) is 8.37. The molecule has 0 aliphatic carbocycles. The van der Waals surface area contributed by atoms with Crippen molar-refractivity contribution in [1.82, 2.24) is 5.32 Å². The summed E-state index contributed by atoms with van der Waals surface area (Å²) in [5.74, 6) is -0.0323. The van der Waals surface area contributed by atoms with E-state index in [4.69, 9.17) is 0 Å². The maximum Gasteiger partial charge on any atom is 0.220 e. The number of aliphatic hydroxyl groups excluding tert-OH is 2. The SMILES string of the molecule is CCCCCCCCCCCCCCCCCCCC(O)C(CO)NC(=O)CCCCCCCCCCCC. The summed E-state index contributed by atoms with van der Waals surface area (Å²) in [5, 5.41) is 23.0. The van der Waals surface area contributed by atoms with Crippen LogP contribution in [0.25, 0.3) is 0 Å². The quantitative estimate of drug-likeness (QED) is 0.0726. The van der Waals surface area contributed by atoms with Crippen LogP contribution in [-0.4, -0.2) is 34.9 Å². The number of amides is 1. The van der Waals surface area contributed by atoms with Gasteiger partial charge in [0.25, 0.3) is 0 Å². The van der Waals surface area contributed by atoms with Gasteiger partial charge < -0.3 is 15.5 Å². The predicted octanol–water partition coefficient (Wildman–Crippen LogP) is 10.2. The monoisotopic (exact) mass is 554 g/mol. The number of carbonyl (C=O) groups is 1. The summed E-state index contributed by atoms with van der Waals surface area (Å²) in [5.41, 5.74) is 0. The molecule has 0 heterocycles. The highest BCUT2D eigenvalue weighted by molar-refractivity contribution is 5.76. The van der Waals surface area contributed by atoms with Crippen LogP contribution in [0.5, 0.6) is 0 Å². The zero-order valence-corrected chi connectivity index (χ0v) is 26.7. The lowest BCUT2D eigenvalue weighted by molar-refractivity contribution is -0.123. The Bertz CT molecular complexity index is 485. The van der Waals surface area contributed by atoms with Crippen molar-refractivity contribution in [2.45, 2.75) is 212 Å². The minimum atomic E-state index is -0.650. The van der Waals surface area contributed by atoms with Gasteiger partial charge in [-0.1, -0.05) is 181 Å². The Balaban J connectivity index is 3.51. The summed E-state index contributed by atoms with van der Waals surface area (Å²) in [6.07, 6.45) is 35.8. The second-order valence-electron chi connectivity index (χ2n) is 12.3. The van der Waals surface area contributed by atoms with E-state index >= 15 is 0 Å². The summed E-state index contributed by atoms with van der Waals surface area (Å²) in [7, 11) is 0. The van der Waals surface area contributed by atoms with Crippen LogP contribution >= 0.6 is 0 Å². The first-order valence-corrected chi connectivity index (χ1v) is 17.7. The van der Waals surface area contributed by atoms with Crippen molar-refractivity contribution < 1.29 is 15.0 Å². The molecule has 2 unspecified atom stereocenters. The molecule has 0 aromatic rings. The second-order valence-corrected chi connectivity index (χ2v) is 12.3. The van der Waals surface area contributed by atoms with Crippen molar-refractivity contribution >= 4 is 5.91 Å². The molecule has 0 spiro atoms. The van der Waals surface area contributed by atoms with Gasteiger partial charge in [0.15, 0.2) is 0 Å². The maximum absolute atomic E-state index is 12.3. The Morgan fingerprint density at radius 2 is 0.821 bits per heavy atom. The van der Waals surface area contributed by atoms with Crippen LogP contribution in [0.3, 0.4) is 0 Å². The topological polar surface area (TPSA) is 69.6 Å². The van der Waals surface area contributed by atoms with Crippen molar-refractivity contribution in [1.29, 1.82) is 0 Å². The Labute approximate surface area is 244 Å². The number of hydrogen-bond donors (Lipinski definition) is 3. The second kappa shape index (κ2) is 31.9. The number of hydrogen-bond acceptors (Lipinski definition) is 3. The van der Waals surface area contributed by atoms with Gasteiger partial charge >= 0.3 is 0 Å². The van der Waals surface area contributed by atoms with Gasteiger partial charge in [0.05, 0.1) is 18.8 Å². The Kier molecular flexibility index (Phi) is 31.4. The van der Waals surface area contributed by atoms with Gasteiger partial charge in [-0.05, 0) is 12.8 Å². The van der Waals surface area contributed by atoms with E-state index in [9.17, 15) is 15.0 Å². The number of carbonyl (C=O) groups excluding carboxylic acids is 1. The fourth-order valence-corrected chi connectivity index (χ4v) is 5.59. The molecule has 4 heteroatoms. The van der Waals surface area contributed by atoms with Crippen molar-refractivity contribution in [2.24, 2.45) is 0 Å². The minimum absolute atomic E-state index is 0.0323. The van der Waals surface area contributed by atoms with Crippen LogP contribution in [0.4, 0.5) is 0 Å². The molecule has 39 heavy (non-hydrogen) atoms. The maximum atomic E-state index is 12.3. The van der Waals surface area contributed by atoms with Gasteiger partial charge in [0, 0.05) is 6.42 Å². The van der Waals surface area contributed by atoms with Crippen LogP contribution in [0.1, 0.15) is 200 Å². The average Bonchev–Trinajstić information content (AvgIpc) is 2.94. The lowest BCUT2D eigenvalue weighted by Gasteiger charge is -2.22. The first-order chi connectivity index (χ1) is 19.2. The molecule has 0 saturated carbocycles. The van der Waals surface area contributed by atoms with E-state index in [1.54, 1.807) is 0 Å². The molecule has 0 aliphatic heterocycles. The van der Waals surface area contributed by atoms with E-state index in [2.05, 4.69) is 19.2 Å². The Morgan fingerprint density at radius 3 is 1.15 bits per heavy atom. The minimum Gasteiger partial charge on any atom is -0.394 e. The highest BCUT2D eigenvalue weighted by atomic mass is 16.3. The average molecular weight is 554 g/mol. The number of nitrogens with one attached hydrogen (secondary N) is 1. The molecule has 3 N–H and O–H groups in total. The van der Waals surface area contributed by atoms with Gasteiger partial charge in [-0.15, -0.1) is 0 Å². The van der Waals surface area contributed by atoms with E-state index in [0.717, 1.165) is 25.7 Å². The van der Waals surface area contributed by atoms with Crippen LogP contribution < -0.4 is 5.32 Å². The van der Waals surface area contributed by atoms with Crippen molar-refractivity contribution in [3.05, 3.63) is 0 Å². The molecular formula is C35H71NO3. The molecule has 0 aromatic heterocycles. The third-order valence-electron chi connectivity index (χ3n) is 8.37. The molecule has 0 aliphatic rings. The smallest absolute Gasteiger partial charge is 0.220 e. The van der Waals surface area contributed by atoms with E-state index in [0.29, 0.717) is 12.8 Å². The molecule has 0 aromatic carbocycles. The number of aliphatic hydroxyl groups is 2. The molecule has 0 fully saturated rings. The molecule has 234 valence electrons. The standard InChI is InChI=1S/C35H71NO3/c1-3-5-7-9-11-13-15-16-17-18-19-20-21-22-24-26-28-30-34(38)33(32-37)36-35(39)31-29-27-25-23-14-12-10-8-6-4-2/h33-34,37-38H,3-32H2,1-2H3,(H,36,39). The fraction of sp³-hybridized carbons (Fsp3) is 0.971. The Morgan fingerprint density at radius 1 is 0.513 bits per heavy atom. The molecule has 0 radical (unpaired) electrons. The first-order valence-electron chi connectivity index (χ1n) is 17.7. The largest absolute Gasteiger partial charge is 0.394 e. The van der Waals surface area contributed by atoms with E-state index in [1.807, 2.05) is 0 Å². The number of unbranched alkanes of at least 4 members (excludes halogenated alkanes) is 25.